The van der Waals surface area contributed by atoms with Gasteiger partial charge < -0.3 is 39.5 Å². The molecule has 12 nitrogen and oxygen atoms in total. The molecule has 0 spiro atoms. The molecule has 1 aromatic carbocycles. The van der Waals surface area contributed by atoms with Crippen LogP contribution in [0.5, 0.6) is 0 Å². The lowest BCUT2D eigenvalue weighted by atomic mass is 9.43. The summed E-state index contributed by atoms with van der Waals surface area (Å²) in [6.07, 6.45) is 13.5. The molecule has 8 aliphatic rings. The summed E-state index contributed by atoms with van der Waals surface area (Å²) in [4.78, 5) is 45.4. The van der Waals surface area contributed by atoms with Crippen LogP contribution < -0.4 is 4.90 Å². The lowest BCUT2D eigenvalue weighted by Crippen LogP contribution is -2.62. The van der Waals surface area contributed by atoms with Crippen LogP contribution in [-0.2, 0) is 28.2 Å². The van der Waals surface area contributed by atoms with Crippen molar-refractivity contribution in [2.24, 2.45) is 63.6 Å². The average Bonchev–Trinajstić information content (AvgIpc) is 3.78. The van der Waals surface area contributed by atoms with E-state index in [-0.39, 0.29) is 76.7 Å². The fourth-order valence-electron chi connectivity index (χ4n) is 17.0. The maximum Gasteiger partial charge on any atom is 0.471 e. The van der Waals surface area contributed by atoms with E-state index >= 15 is 0 Å². The highest BCUT2D eigenvalue weighted by molar-refractivity contribution is 7.46. The minimum Gasteiger partial charge on any atom is -0.481 e. The van der Waals surface area contributed by atoms with Gasteiger partial charge in [-0.25, -0.2) is 4.57 Å². The third kappa shape index (κ3) is 8.84. The van der Waals surface area contributed by atoms with Gasteiger partial charge in [0.15, 0.2) is 12.6 Å². The van der Waals surface area contributed by atoms with E-state index in [4.69, 9.17) is 14.0 Å². The van der Waals surface area contributed by atoms with Crippen molar-refractivity contribution in [3.63, 3.8) is 0 Å². The molecule has 8 aliphatic carbocycles. The second-order valence-electron chi connectivity index (χ2n) is 23.4. The smallest absolute Gasteiger partial charge is 0.471 e. The molecule has 5 N–H and O–H groups in total. The summed E-state index contributed by atoms with van der Waals surface area (Å²) in [5.74, 6) is 7.54. The van der Waals surface area contributed by atoms with E-state index in [9.17, 15) is 39.3 Å². The Morgan fingerprint density at radius 1 is 0.956 bits per heavy atom. The maximum absolute atomic E-state index is 12.6. The Kier molecular flexibility index (Phi) is 14.0. The number of allylic oxidation sites excluding steroid dienone is 4. The highest BCUT2D eigenvalue weighted by Gasteiger charge is 2.67. The van der Waals surface area contributed by atoms with E-state index in [2.05, 4.69) is 75.7 Å². The van der Waals surface area contributed by atoms with Gasteiger partial charge >= 0.3 is 13.8 Å². The molecule has 374 valence electrons. The number of hydrogen-bond donors (Lipinski definition) is 5. The largest absolute Gasteiger partial charge is 0.481 e. The molecule has 0 bridgehead atoms. The van der Waals surface area contributed by atoms with Crippen LogP contribution in [0.15, 0.2) is 47.1 Å². The van der Waals surface area contributed by atoms with Crippen LogP contribution in [0.1, 0.15) is 149 Å². The Bertz CT molecular complexity index is 2260. The number of hydrogen-bond acceptors (Lipinski definition) is 9. The van der Waals surface area contributed by atoms with Gasteiger partial charge in [-0.3, -0.25) is 14.1 Å². The second-order valence-corrected chi connectivity index (χ2v) is 24.7. The topological polar surface area (TPSA) is 183 Å². The van der Waals surface area contributed by atoms with E-state index in [0.717, 1.165) is 76.3 Å². The van der Waals surface area contributed by atoms with Crippen molar-refractivity contribution in [3.05, 3.63) is 52.6 Å². The van der Waals surface area contributed by atoms with Crippen molar-refractivity contribution >= 4 is 25.3 Å². The van der Waals surface area contributed by atoms with Crippen LogP contribution in [0.2, 0.25) is 0 Å². The molecule has 6 saturated carbocycles. The van der Waals surface area contributed by atoms with Gasteiger partial charge in [0.05, 0.1) is 24.9 Å². The summed E-state index contributed by atoms with van der Waals surface area (Å²) in [6.45, 7) is 11.6. The number of carbonyl (C=O) groups excluding carboxylic acids is 1. The number of likely N-dealkylation sites (N-methyl/N-ethyl adjacent to an activating group) is 1. The lowest BCUT2D eigenvalue weighted by Gasteiger charge is -2.64. The molecule has 0 aliphatic heterocycles. The number of phosphoric acid groups is 1. The van der Waals surface area contributed by atoms with Crippen LogP contribution in [0.4, 0.5) is 5.69 Å². The fourth-order valence-corrected chi connectivity index (χ4v) is 17.2. The number of ketones is 1. The van der Waals surface area contributed by atoms with E-state index < -0.39 is 37.7 Å². The minimum atomic E-state index is -4.75. The predicted octanol–water partition coefficient (Wildman–Crippen LogP) is 9.35. The number of ether oxygens (including phenoxy) is 2. The molecule has 0 saturated heterocycles. The van der Waals surface area contributed by atoms with Gasteiger partial charge in [-0.2, -0.15) is 0 Å². The van der Waals surface area contributed by atoms with Crippen LogP contribution in [0, 0.1) is 75.4 Å². The van der Waals surface area contributed by atoms with Crippen LogP contribution in [0.3, 0.4) is 0 Å². The normalized spacial score (nSPS) is 41.2. The molecule has 9 rings (SSSR count). The Morgan fingerprint density at radius 3 is 2.44 bits per heavy atom. The van der Waals surface area contributed by atoms with Crippen LogP contribution in [-0.4, -0.2) is 87.8 Å². The van der Waals surface area contributed by atoms with Crippen molar-refractivity contribution in [1.29, 1.82) is 0 Å². The number of fused-ring (bicyclic) bond motifs is 9. The molecular weight excluding hydrogens is 882 g/mol. The molecule has 0 heterocycles. The number of benzene rings is 1. The number of phosphoric ester groups is 1. The number of rotatable bonds is 14. The third-order valence-electron chi connectivity index (χ3n) is 20.5. The average molecular weight is 960 g/mol. The molecule has 13 heteroatoms. The molecule has 68 heavy (non-hydrogen) atoms. The number of carboxylic acids is 1. The summed E-state index contributed by atoms with van der Waals surface area (Å²) < 4.78 is 29.7. The quantitative estimate of drug-likeness (QED) is 0.0678. The van der Waals surface area contributed by atoms with E-state index in [1.807, 2.05) is 13.0 Å². The van der Waals surface area contributed by atoms with Gasteiger partial charge in [0.25, 0.3) is 0 Å². The van der Waals surface area contributed by atoms with Crippen LogP contribution in [0.25, 0.3) is 0 Å². The molecule has 0 amide bonds. The molecule has 1 aromatic rings. The number of anilines is 1. The number of aliphatic hydroxyl groups is 2. The first-order valence-corrected chi connectivity index (χ1v) is 27.5. The molecule has 2 unspecified atom stereocenters. The Balaban J connectivity index is 0.871. The van der Waals surface area contributed by atoms with E-state index in [1.165, 1.54) is 22.3 Å². The Hall–Kier alpha value is -2.85. The van der Waals surface area contributed by atoms with Gasteiger partial charge in [-0.1, -0.05) is 51.3 Å². The SMILES string of the molecule is CC#C[C@]1(O)CCC2C3CCC4=CC(=O)CCC4=C3[C@H](c3ccc(N(C)CCO[C@H]4CC[C@@]5(C)[C@@H](C4)C[C@@H](OCOP(=O)(O)O)[C@@H]4[C@@H]5C[C@H](O)[C@]5(C)[C@@H]([C@H](C)CCC(=O)O)CC[C@@H]45)cc3)C[C@@]21C. The van der Waals surface area contributed by atoms with Crippen molar-refractivity contribution in [2.75, 3.05) is 31.9 Å². The molecule has 16 atom stereocenters. The highest BCUT2D eigenvalue weighted by Crippen LogP contribution is 2.70. The standard InChI is InChI=1S/C55H78NO11P/c1-7-22-55(61)24-21-44-41-15-11-35-27-38(57)14-16-40(35)50(41)42(31-53(44,55)4)34-9-12-37(13-10-34)56(6)25-26-65-39-20-23-52(3)36(28-39)29-47(66-32-67-68(62,63)64)51-45-18-17-43(33(2)8-19-49(59)60)54(45,5)48(58)30-46(51)52/h9-10,12-13,27,33,36,39,41-48,51,58,61H,8,11,14-21,23-26,28-32H2,1-6H3,(H,59,60)(H2,62,63,64)/t33-,36+,39+,41?,42+,43-,44?,45+,46+,47-,48+,51+,52+,53+,54-,55+/m1/s1. The summed E-state index contributed by atoms with van der Waals surface area (Å²) in [5, 5.41) is 33.7. The first-order valence-electron chi connectivity index (χ1n) is 26.0. The van der Waals surface area contributed by atoms with Gasteiger partial charge in [0.1, 0.15) is 5.60 Å². The van der Waals surface area contributed by atoms with Gasteiger partial charge in [-0.05, 0) is 190 Å². The number of nitrogens with zero attached hydrogens (tertiary/aromatic N) is 1. The Morgan fingerprint density at radius 2 is 1.72 bits per heavy atom. The molecule has 0 aromatic heterocycles. The first kappa shape index (κ1) is 50.1. The van der Waals surface area contributed by atoms with Crippen molar-refractivity contribution < 1.29 is 53.3 Å². The second kappa shape index (κ2) is 19.0. The zero-order chi connectivity index (χ0) is 48.6. The maximum atomic E-state index is 12.6. The lowest BCUT2D eigenvalue weighted by molar-refractivity contribution is -0.227. The summed E-state index contributed by atoms with van der Waals surface area (Å²) in [5.41, 5.74) is 4.67. The number of carboxylic acid groups (broad SMARTS) is 1. The van der Waals surface area contributed by atoms with Crippen LogP contribution >= 0.6 is 7.82 Å². The monoisotopic (exact) mass is 960 g/mol. The number of aliphatic carboxylic acids is 1. The minimum absolute atomic E-state index is 0.0484. The van der Waals surface area contributed by atoms with Crippen molar-refractivity contribution in [2.45, 2.75) is 167 Å². The zero-order valence-corrected chi connectivity index (χ0v) is 42.2. The van der Waals surface area contributed by atoms with Gasteiger partial charge in [-0.15, -0.1) is 5.92 Å². The molecule has 0 radical (unpaired) electrons. The van der Waals surface area contributed by atoms with Gasteiger partial charge in [0.2, 0.25) is 0 Å². The Labute approximate surface area is 404 Å². The summed E-state index contributed by atoms with van der Waals surface area (Å²) in [6, 6.07) is 8.98. The number of carbonyl (C=O) groups is 2. The summed E-state index contributed by atoms with van der Waals surface area (Å²) >= 11 is 0. The molecule has 6 fully saturated rings. The molecular formula is C55H78NO11P. The summed E-state index contributed by atoms with van der Waals surface area (Å²) in [7, 11) is -2.64. The first-order chi connectivity index (χ1) is 32.2. The zero-order valence-electron chi connectivity index (χ0n) is 41.3. The van der Waals surface area contributed by atoms with Gasteiger partial charge in [0, 0.05) is 43.5 Å². The van der Waals surface area contributed by atoms with Crippen molar-refractivity contribution in [1.82, 2.24) is 0 Å². The van der Waals surface area contributed by atoms with E-state index in [0.29, 0.717) is 50.7 Å². The van der Waals surface area contributed by atoms with E-state index in [1.54, 1.807) is 0 Å². The third-order valence-corrected chi connectivity index (χ3v) is 21.0. The highest BCUT2D eigenvalue weighted by atomic mass is 31.2. The number of aliphatic hydroxyl groups excluding tert-OH is 1. The fraction of sp³-hybridized carbons (Fsp3) is 0.745. The van der Waals surface area contributed by atoms with Crippen molar-refractivity contribution in [3.8, 4) is 11.8 Å². The predicted molar refractivity (Wildman–Crippen MR) is 259 cm³/mol.